The molecular weight excluding hydrogens is 212 g/mol. The molecule has 2 rings (SSSR count). The third-order valence-electron chi connectivity index (χ3n) is 2.93. The first kappa shape index (κ1) is 11.6. The van der Waals surface area contributed by atoms with Gasteiger partial charge in [0.05, 0.1) is 5.69 Å². The van der Waals surface area contributed by atoms with Crippen LogP contribution in [0, 0.1) is 0 Å². The van der Waals surface area contributed by atoms with E-state index in [1.807, 2.05) is 23.0 Å². The number of hydrogen-bond donors (Lipinski definition) is 1. The zero-order chi connectivity index (χ0) is 12.3. The summed E-state index contributed by atoms with van der Waals surface area (Å²) in [5, 5.41) is 8.20. The molecule has 4 heteroatoms. The van der Waals surface area contributed by atoms with E-state index in [9.17, 15) is 0 Å². The van der Waals surface area contributed by atoms with E-state index < -0.39 is 0 Å². The molecule has 2 aromatic rings. The Labute approximate surface area is 101 Å². The van der Waals surface area contributed by atoms with Crippen LogP contribution in [-0.2, 0) is 13.0 Å². The number of anilines is 1. The first-order valence-electron chi connectivity index (χ1n) is 5.93. The number of nitrogen functional groups attached to an aromatic ring is 1. The Hall–Kier alpha value is -1.84. The average molecular weight is 230 g/mol. The summed E-state index contributed by atoms with van der Waals surface area (Å²) in [5.41, 5.74) is 8.80. The molecule has 0 spiro atoms. The number of nitrogens with zero attached hydrogens (tertiary/aromatic N) is 3. The Morgan fingerprint density at radius 1 is 1.29 bits per heavy atom. The fraction of sp³-hybridized carbons (Fsp3) is 0.385. The normalized spacial score (nSPS) is 12.6. The van der Waals surface area contributed by atoms with Gasteiger partial charge in [0.2, 0.25) is 0 Å². The lowest BCUT2D eigenvalue weighted by atomic mass is 9.96. The van der Waals surface area contributed by atoms with Crippen molar-refractivity contribution in [1.82, 2.24) is 15.0 Å². The quantitative estimate of drug-likeness (QED) is 0.819. The summed E-state index contributed by atoms with van der Waals surface area (Å²) in [6, 6.07) is 8.03. The van der Waals surface area contributed by atoms with Crippen molar-refractivity contribution >= 4 is 5.69 Å². The third kappa shape index (κ3) is 2.84. The van der Waals surface area contributed by atoms with Crippen LogP contribution in [0.15, 0.2) is 30.5 Å². The third-order valence-corrected chi connectivity index (χ3v) is 2.93. The number of aromatic nitrogens is 3. The molecule has 0 amide bonds. The summed E-state index contributed by atoms with van der Waals surface area (Å²) >= 11 is 0. The summed E-state index contributed by atoms with van der Waals surface area (Å²) in [4.78, 5) is 0. The number of rotatable bonds is 4. The fourth-order valence-electron chi connectivity index (χ4n) is 1.84. The minimum atomic E-state index is 0.428. The van der Waals surface area contributed by atoms with E-state index in [0.29, 0.717) is 5.92 Å². The van der Waals surface area contributed by atoms with Crippen LogP contribution in [0.25, 0.3) is 0 Å². The van der Waals surface area contributed by atoms with Gasteiger partial charge in [0.25, 0.3) is 0 Å². The Balaban J connectivity index is 2.05. The molecule has 0 aliphatic rings. The van der Waals surface area contributed by atoms with Crippen LogP contribution in [-0.4, -0.2) is 15.0 Å². The zero-order valence-electron chi connectivity index (χ0n) is 10.3. The Bertz CT molecular complexity index is 472. The van der Waals surface area contributed by atoms with Crippen LogP contribution in [0.5, 0.6) is 0 Å². The van der Waals surface area contributed by atoms with Gasteiger partial charge in [-0.25, -0.2) is 0 Å². The summed E-state index contributed by atoms with van der Waals surface area (Å²) < 4.78 is 1.85. The maximum absolute atomic E-state index is 5.68. The molecule has 0 saturated carbocycles. The molecule has 1 aromatic carbocycles. The Kier molecular flexibility index (Phi) is 3.42. The molecular formula is C13H18N4. The van der Waals surface area contributed by atoms with Crippen molar-refractivity contribution in [3.05, 3.63) is 41.7 Å². The highest BCUT2D eigenvalue weighted by Crippen LogP contribution is 2.20. The van der Waals surface area contributed by atoms with Gasteiger partial charge in [0.1, 0.15) is 0 Å². The summed E-state index contributed by atoms with van der Waals surface area (Å²) in [6.45, 7) is 5.11. The van der Waals surface area contributed by atoms with Gasteiger partial charge >= 0.3 is 0 Å². The first-order chi connectivity index (χ1) is 8.19. The highest BCUT2D eigenvalue weighted by atomic mass is 15.4. The molecule has 2 N–H and O–H groups in total. The smallest absolute Gasteiger partial charge is 0.0833 e. The first-order valence-corrected chi connectivity index (χ1v) is 5.93. The van der Waals surface area contributed by atoms with Crippen molar-refractivity contribution in [2.24, 2.45) is 0 Å². The van der Waals surface area contributed by atoms with Crippen LogP contribution >= 0.6 is 0 Å². The monoisotopic (exact) mass is 230 g/mol. The molecule has 0 aliphatic carbocycles. The molecule has 4 nitrogen and oxygen atoms in total. The van der Waals surface area contributed by atoms with Crippen molar-refractivity contribution < 1.29 is 0 Å². The van der Waals surface area contributed by atoms with Gasteiger partial charge in [-0.15, -0.1) is 5.10 Å². The summed E-state index contributed by atoms with van der Waals surface area (Å²) in [6.07, 6.45) is 2.91. The van der Waals surface area contributed by atoms with E-state index in [1.54, 1.807) is 0 Å². The van der Waals surface area contributed by atoms with Crippen molar-refractivity contribution in [2.75, 3.05) is 5.73 Å². The summed E-state index contributed by atoms with van der Waals surface area (Å²) in [7, 11) is 0. The molecule has 17 heavy (non-hydrogen) atoms. The topological polar surface area (TPSA) is 56.7 Å². The van der Waals surface area contributed by atoms with Gasteiger partial charge in [-0.05, 0) is 37.0 Å². The van der Waals surface area contributed by atoms with E-state index in [2.05, 4.69) is 36.3 Å². The maximum atomic E-state index is 5.68. The molecule has 1 aromatic heterocycles. The van der Waals surface area contributed by atoms with E-state index >= 15 is 0 Å². The van der Waals surface area contributed by atoms with Gasteiger partial charge in [0, 0.05) is 18.4 Å². The van der Waals surface area contributed by atoms with Crippen LogP contribution in [0.4, 0.5) is 5.69 Å². The second kappa shape index (κ2) is 4.99. The highest BCUT2D eigenvalue weighted by Gasteiger charge is 2.09. The van der Waals surface area contributed by atoms with Crippen LogP contribution in [0.1, 0.15) is 31.0 Å². The maximum Gasteiger partial charge on any atom is 0.0833 e. The predicted molar refractivity (Wildman–Crippen MR) is 68.7 cm³/mol. The van der Waals surface area contributed by atoms with Crippen molar-refractivity contribution in [3.63, 3.8) is 0 Å². The van der Waals surface area contributed by atoms with Gasteiger partial charge in [-0.1, -0.05) is 24.3 Å². The minimum absolute atomic E-state index is 0.428. The van der Waals surface area contributed by atoms with Crippen LogP contribution < -0.4 is 5.73 Å². The molecule has 1 unspecified atom stereocenters. The van der Waals surface area contributed by atoms with Gasteiger partial charge in [0.15, 0.2) is 0 Å². The fourth-order valence-corrected chi connectivity index (χ4v) is 1.84. The van der Waals surface area contributed by atoms with Crippen LogP contribution in [0.3, 0.4) is 0 Å². The number of hydrogen-bond acceptors (Lipinski definition) is 3. The SMILES string of the molecule is CCn1cc(CC(C)c2ccc(N)cc2)nn1. The van der Waals surface area contributed by atoms with E-state index in [1.165, 1.54) is 5.56 Å². The number of nitrogens with two attached hydrogens (primary N) is 1. The Morgan fingerprint density at radius 3 is 2.59 bits per heavy atom. The van der Waals surface area contributed by atoms with E-state index in [0.717, 1.165) is 24.3 Å². The lowest BCUT2D eigenvalue weighted by Gasteiger charge is -2.09. The number of aryl methyl sites for hydroxylation is 1. The van der Waals surface area contributed by atoms with E-state index in [-0.39, 0.29) is 0 Å². The minimum Gasteiger partial charge on any atom is -0.399 e. The molecule has 0 aliphatic heterocycles. The van der Waals surface area contributed by atoms with Crippen LogP contribution in [0.2, 0.25) is 0 Å². The highest BCUT2D eigenvalue weighted by molar-refractivity contribution is 5.40. The molecule has 0 saturated heterocycles. The molecule has 1 heterocycles. The zero-order valence-corrected chi connectivity index (χ0v) is 10.3. The molecule has 1 atom stereocenters. The molecule has 90 valence electrons. The van der Waals surface area contributed by atoms with Crippen molar-refractivity contribution in [2.45, 2.75) is 32.7 Å². The lowest BCUT2D eigenvalue weighted by molar-refractivity contribution is 0.626. The van der Waals surface area contributed by atoms with Gasteiger partial charge < -0.3 is 5.73 Å². The molecule has 0 fully saturated rings. The van der Waals surface area contributed by atoms with E-state index in [4.69, 9.17) is 5.73 Å². The number of benzene rings is 1. The second-order valence-corrected chi connectivity index (χ2v) is 4.34. The lowest BCUT2D eigenvalue weighted by Crippen LogP contribution is -1.99. The molecule has 0 bridgehead atoms. The summed E-state index contributed by atoms with van der Waals surface area (Å²) in [5.74, 6) is 0.428. The average Bonchev–Trinajstić information content (AvgIpc) is 2.77. The van der Waals surface area contributed by atoms with Crippen molar-refractivity contribution in [3.8, 4) is 0 Å². The van der Waals surface area contributed by atoms with Crippen molar-refractivity contribution in [1.29, 1.82) is 0 Å². The van der Waals surface area contributed by atoms with Gasteiger partial charge in [-0.2, -0.15) is 0 Å². The second-order valence-electron chi connectivity index (χ2n) is 4.34. The molecule has 0 radical (unpaired) electrons. The predicted octanol–water partition coefficient (Wildman–Crippen LogP) is 2.23. The largest absolute Gasteiger partial charge is 0.399 e. The Morgan fingerprint density at radius 2 is 2.00 bits per heavy atom. The standard InChI is InChI=1S/C13H18N4/c1-3-17-9-13(15-16-17)8-10(2)11-4-6-12(14)7-5-11/h4-7,9-10H,3,8,14H2,1-2H3. The van der Waals surface area contributed by atoms with Gasteiger partial charge in [-0.3, -0.25) is 4.68 Å².